The van der Waals surface area contributed by atoms with Gasteiger partial charge in [-0.25, -0.2) is 4.79 Å². The Labute approximate surface area is 171 Å². The first kappa shape index (κ1) is 18.9. The number of benzene rings is 2. The van der Waals surface area contributed by atoms with Crippen molar-refractivity contribution in [2.24, 2.45) is 5.92 Å². The summed E-state index contributed by atoms with van der Waals surface area (Å²) in [4.78, 5) is 37.0. The third-order valence-electron chi connectivity index (χ3n) is 4.38. The van der Waals surface area contributed by atoms with Gasteiger partial charge in [-0.2, -0.15) is 0 Å². The van der Waals surface area contributed by atoms with E-state index in [1.54, 1.807) is 54.6 Å². The SMILES string of the molecule is O=C(Oc1ccc(NC(=O)c2cccs2)cc1)c1cccc(NC(=O)C2CC2)c1. The summed E-state index contributed by atoms with van der Waals surface area (Å²) in [5.74, 6) is -0.283. The minimum atomic E-state index is -0.525. The number of carbonyl (C=O) groups excluding carboxylic acids is 3. The lowest BCUT2D eigenvalue weighted by Gasteiger charge is -2.08. The number of rotatable bonds is 6. The zero-order valence-corrected chi connectivity index (χ0v) is 16.2. The van der Waals surface area contributed by atoms with Crippen molar-refractivity contribution in [3.8, 4) is 5.75 Å². The number of carbonyl (C=O) groups is 3. The van der Waals surface area contributed by atoms with Crippen molar-refractivity contribution in [2.75, 3.05) is 10.6 Å². The minimum Gasteiger partial charge on any atom is -0.423 e. The fourth-order valence-corrected chi connectivity index (χ4v) is 3.31. The third-order valence-corrected chi connectivity index (χ3v) is 5.25. The molecule has 1 aliphatic rings. The number of hydrogen-bond donors (Lipinski definition) is 2. The molecule has 0 radical (unpaired) electrons. The van der Waals surface area contributed by atoms with E-state index < -0.39 is 5.97 Å². The lowest BCUT2D eigenvalue weighted by atomic mass is 10.2. The smallest absolute Gasteiger partial charge is 0.343 e. The number of hydrogen-bond acceptors (Lipinski definition) is 5. The summed E-state index contributed by atoms with van der Waals surface area (Å²) in [6.45, 7) is 0. The van der Waals surface area contributed by atoms with Gasteiger partial charge in [-0.05, 0) is 66.8 Å². The van der Waals surface area contributed by atoms with Crippen molar-refractivity contribution in [1.29, 1.82) is 0 Å². The molecule has 1 aliphatic carbocycles. The van der Waals surface area contributed by atoms with Gasteiger partial charge in [0.2, 0.25) is 5.91 Å². The van der Waals surface area contributed by atoms with Crippen LogP contribution in [0.5, 0.6) is 5.75 Å². The quantitative estimate of drug-likeness (QED) is 0.464. The van der Waals surface area contributed by atoms with E-state index in [-0.39, 0.29) is 17.7 Å². The topological polar surface area (TPSA) is 84.5 Å². The molecule has 1 fully saturated rings. The van der Waals surface area contributed by atoms with E-state index in [4.69, 9.17) is 4.74 Å². The Morgan fingerprint density at radius 3 is 2.38 bits per heavy atom. The van der Waals surface area contributed by atoms with Crippen molar-refractivity contribution in [2.45, 2.75) is 12.8 Å². The van der Waals surface area contributed by atoms with Gasteiger partial charge in [0.1, 0.15) is 5.75 Å². The molecular weight excluding hydrogens is 388 g/mol. The van der Waals surface area contributed by atoms with E-state index in [0.29, 0.717) is 27.6 Å². The third kappa shape index (κ3) is 4.89. The van der Waals surface area contributed by atoms with E-state index in [0.717, 1.165) is 12.8 Å². The Kier molecular flexibility index (Phi) is 5.39. The van der Waals surface area contributed by atoms with Crippen LogP contribution in [-0.4, -0.2) is 17.8 Å². The molecular formula is C22H18N2O4S. The molecule has 1 aromatic heterocycles. The van der Waals surface area contributed by atoms with Crippen LogP contribution in [0, 0.1) is 5.92 Å². The molecule has 0 bridgehead atoms. The summed E-state index contributed by atoms with van der Waals surface area (Å²) in [5.41, 5.74) is 1.52. The van der Waals surface area contributed by atoms with Crippen LogP contribution in [0.25, 0.3) is 0 Å². The maximum absolute atomic E-state index is 12.4. The summed E-state index contributed by atoms with van der Waals surface area (Å²) in [6.07, 6.45) is 1.83. The van der Waals surface area contributed by atoms with Crippen molar-refractivity contribution in [3.63, 3.8) is 0 Å². The molecule has 146 valence electrons. The van der Waals surface area contributed by atoms with Crippen LogP contribution >= 0.6 is 11.3 Å². The molecule has 1 saturated carbocycles. The zero-order valence-electron chi connectivity index (χ0n) is 15.4. The van der Waals surface area contributed by atoms with Crippen LogP contribution in [0.1, 0.15) is 32.9 Å². The van der Waals surface area contributed by atoms with Crippen molar-refractivity contribution < 1.29 is 19.1 Å². The second-order valence-electron chi connectivity index (χ2n) is 6.69. The highest BCUT2D eigenvalue weighted by atomic mass is 32.1. The fraction of sp³-hybridized carbons (Fsp3) is 0.136. The first-order chi connectivity index (χ1) is 14.1. The molecule has 2 N–H and O–H groups in total. The van der Waals surface area contributed by atoms with Crippen molar-refractivity contribution >= 4 is 40.5 Å². The number of amides is 2. The predicted molar refractivity (Wildman–Crippen MR) is 111 cm³/mol. The number of ether oxygens (including phenoxy) is 1. The highest BCUT2D eigenvalue weighted by molar-refractivity contribution is 7.12. The molecule has 6 nitrogen and oxygen atoms in total. The average Bonchev–Trinajstić information content (AvgIpc) is 3.44. The van der Waals surface area contributed by atoms with Crippen LogP contribution < -0.4 is 15.4 Å². The van der Waals surface area contributed by atoms with Gasteiger partial charge in [0, 0.05) is 17.3 Å². The summed E-state index contributed by atoms with van der Waals surface area (Å²) >= 11 is 1.36. The maximum Gasteiger partial charge on any atom is 0.343 e. The molecule has 4 rings (SSSR count). The highest BCUT2D eigenvalue weighted by Gasteiger charge is 2.29. The molecule has 0 unspecified atom stereocenters. The normalized spacial score (nSPS) is 12.8. The Hall–Kier alpha value is -3.45. The minimum absolute atomic E-state index is 0.0179. The van der Waals surface area contributed by atoms with Gasteiger partial charge in [-0.1, -0.05) is 12.1 Å². The molecule has 0 aliphatic heterocycles. The van der Waals surface area contributed by atoms with Gasteiger partial charge in [0.15, 0.2) is 0 Å². The van der Waals surface area contributed by atoms with Gasteiger partial charge >= 0.3 is 5.97 Å². The first-order valence-corrected chi connectivity index (χ1v) is 10.0. The Morgan fingerprint density at radius 1 is 0.897 bits per heavy atom. The molecule has 0 saturated heterocycles. The number of anilines is 2. The lowest BCUT2D eigenvalue weighted by molar-refractivity contribution is -0.117. The standard InChI is InChI=1S/C22H18N2O4S/c25-20(14-6-7-14)24-17-4-1-3-15(13-17)22(27)28-18-10-8-16(9-11-18)23-21(26)19-5-2-12-29-19/h1-5,8-14H,6-7H2,(H,23,26)(H,24,25). The summed E-state index contributed by atoms with van der Waals surface area (Å²) in [6, 6.07) is 16.8. The average molecular weight is 406 g/mol. The van der Waals surface area contributed by atoms with E-state index in [1.165, 1.54) is 11.3 Å². The monoisotopic (exact) mass is 406 g/mol. The molecule has 2 amide bonds. The van der Waals surface area contributed by atoms with Crippen LogP contribution in [-0.2, 0) is 4.79 Å². The fourth-order valence-electron chi connectivity index (χ4n) is 2.69. The van der Waals surface area contributed by atoms with Gasteiger partial charge in [-0.15, -0.1) is 11.3 Å². The van der Waals surface area contributed by atoms with E-state index in [2.05, 4.69) is 10.6 Å². The van der Waals surface area contributed by atoms with Crippen LogP contribution in [0.3, 0.4) is 0 Å². The van der Waals surface area contributed by atoms with Gasteiger partial charge < -0.3 is 15.4 Å². The summed E-state index contributed by atoms with van der Waals surface area (Å²) in [7, 11) is 0. The number of esters is 1. The highest BCUT2D eigenvalue weighted by Crippen LogP contribution is 2.30. The predicted octanol–water partition coefficient (Wildman–Crippen LogP) is 4.57. The lowest BCUT2D eigenvalue weighted by Crippen LogP contribution is -2.14. The molecule has 0 spiro atoms. The summed E-state index contributed by atoms with van der Waals surface area (Å²) in [5, 5.41) is 7.44. The molecule has 2 aromatic carbocycles. The Balaban J connectivity index is 1.37. The molecule has 29 heavy (non-hydrogen) atoms. The first-order valence-electron chi connectivity index (χ1n) is 9.16. The van der Waals surface area contributed by atoms with E-state index >= 15 is 0 Å². The van der Waals surface area contributed by atoms with Crippen LogP contribution in [0.4, 0.5) is 11.4 Å². The largest absolute Gasteiger partial charge is 0.423 e. The van der Waals surface area contributed by atoms with Gasteiger partial charge in [0.05, 0.1) is 10.4 Å². The van der Waals surface area contributed by atoms with Crippen LogP contribution in [0.15, 0.2) is 66.0 Å². The molecule has 3 aromatic rings. The van der Waals surface area contributed by atoms with E-state index in [1.807, 2.05) is 11.4 Å². The van der Waals surface area contributed by atoms with E-state index in [9.17, 15) is 14.4 Å². The molecule has 0 atom stereocenters. The van der Waals surface area contributed by atoms with Crippen LogP contribution in [0.2, 0.25) is 0 Å². The second-order valence-corrected chi connectivity index (χ2v) is 7.64. The number of thiophene rings is 1. The molecule has 1 heterocycles. The summed E-state index contributed by atoms with van der Waals surface area (Å²) < 4.78 is 5.39. The zero-order chi connectivity index (χ0) is 20.2. The Bertz CT molecular complexity index is 1040. The number of nitrogens with one attached hydrogen (secondary N) is 2. The van der Waals surface area contributed by atoms with Crippen molar-refractivity contribution in [3.05, 3.63) is 76.5 Å². The van der Waals surface area contributed by atoms with Gasteiger partial charge in [-0.3, -0.25) is 9.59 Å². The molecule has 7 heteroatoms. The second kappa shape index (κ2) is 8.28. The maximum atomic E-state index is 12.4. The van der Waals surface area contributed by atoms with Gasteiger partial charge in [0.25, 0.3) is 5.91 Å². The Morgan fingerprint density at radius 2 is 1.69 bits per heavy atom. The van der Waals surface area contributed by atoms with Crippen molar-refractivity contribution in [1.82, 2.24) is 0 Å².